The van der Waals surface area contributed by atoms with Crippen LogP contribution in [0.15, 0.2) is 6.20 Å². The maximum Gasteiger partial charge on any atom is 0.421 e. The van der Waals surface area contributed by atoms with Crippen molar-refractivity contribution in [2.75, 3.05) is 20.0 Å². The number of carbonyl (C=O) groups excluding carboxylic acids is 1. The fraction of sp³-hybridized carbons (Fsp3) is 0.636. The number of nitrogen functional groups attached to an aromatic ring is 1. The van der Waals surface area contributed by atoms with Crippen LogP contribution in [0.2, 0.25) is 0 Å². The highest BCUT2D eigenvalue weighted by Gasteiger charge is 2.22. The number of hydrogen-bond donors (Lipinski definition) is 1. The van der Waals surface area contributed by atoms with Crippen molar-refractivity contribution < 1.29 is 19.0 Å². The molecule has 0 spiro atoms. The molecule has 7 heteroatoms. The molecule has 0 saturated carbocycles. The molecule has 1 aromatic heterocycles. The van der Waals surface area contributed by atoms with E-state index >= 15 is 0 Å². The Bertz CT molecular complexity index is 418. The fourth-order valence-corrected chi connectivity index (χ4v) is 1.32. The van der Waals surface area contributed by atoms with Gasteiger partial charge in [-0.3, -0.25) is 0 Å². The average Bonchev–Trinajstić information content (AvgIpc) is 2.60. The van der Waals surface area contributed by atoms with Crippen LogP contribution in [-0.2, 0) is 14.2 Å². The SMILES string of the molecule is COC(OC)c1cn(C(=O)OC(C)(C)C)c(N)n1. The summed E-state index contributed by atoms with van der Waals surface area (Å²) in [4.78, 5) is 15.8. The number of nitrogens with two attached hydrogens (primary N) is 1. The van der Waals surface area contributed by atoms with Gasteiger partial charge in [0.2, 0.25) is 12.2 Å². The Balaban J connectivity index is 2.94. The molecular weight excluding hydrogens is 238 g/mol. The predicted octanol–water partition coefficient (Wildman–Crippen LogP) is 1.54. The van der Waals surface area contributed by atoms with E-state index in [-0.39, 0.29) is 5.95 Å². The Labute approximate surface area is 106 Å². The maximum absolute atomic E-state index is 11.8. The van der Waals surface area contributed by atoms with Gasteiger partial charge in [-0.15, -0.1) is 0 Å². The summed E-state index contributed by atoms with van der Waals surface area (Å²) in [6.07, 6.45) is 0.168. The van der Waals surface area contributed by atoms with Crippen LogP contribution in [0.5, 0.6) is 0 Å². The standard InChI is InChI=1S/C11H19N3O4/c1-11(2,3)18-10(15)14-6-7(13-9(14)12)8(16-4)17-5/h6,8H,1-5H3,(H2,12,13). The zero-order chi connectivity index (χ0) is 13.9. The quantitative estimate of drug-likeness (QED) is 0.826. The lowest BCUT2D eigenvalue weighted by molar-refractivity contribution is -0.108. The van der Waals surface area contributed by atoms with E-state index in [4.69, 9.17) is 19.9 Å². The summed E-state index contributed by atoms with van der Waals surface area (Å²) in [5.74, 6) is 0.0263. The first kappa shape index (κ1) is 14.5. The van der Waals surface area contributed by atoms with Gasteiger partial charge in [0.15, 0.2) is 0 Å². The van der Waals surface area contributed by atoms with Gasteiger partial charge in [-0.1, -0.05) is 0 Å². The Morgan fingerprint density at radius 3 is 2.39 bits per heavy atom. The minimum Gasteiger partial charge on any atom is -0.443 e. The van der Waals surface area contributed by atoms with Crippen LogP contribution >= 0.6 is 0 Å². The minimum atomic E-state index is -0.670. The van der Waals surface area contributed by atoms with E-state index in [1.165, 1.54) is 20.4 Å². The normalized spacial score (nSPS) is 11.9. The highest BCUT2D eigenvalue weighted by Crippen LogP contribution is 2.19. The summed E-state index contributed by atoms with van der Waals surface area (Å²) in [6.45, 7) is 5.31. The van der Waals surface area contributed by atoms with Crippen LogP contribution in [-0.4, -0.2) is 35.5 Å². The van der Waals surface area contributed by atoms with Gasteiger partial charge >= 0.3 is 6.09 Å². The molecule has 0 aliphatic heterocycles. The molecular formula is C11H19N3O4. The molecule has 7 nitrogen and oxygen atoms in total. The molecule has 0 aliphatic carbocycles. The lowest BCUT2D eigenvalue weighted by Crippen LogP contribution is -2.27. The van der Waals surface area contributed by atoms with E-state index < -0.39 is 18.0 Å². The summed E-state index contributed by atoms with van der Waals surface area (Å²) in [7, 11) is 2.94. The van der Waals surface area contributed by atoms with E-state index in [1.54, 1.807) is 20.8 Å². The van der Waals surface area contributed by atoms with Gasteiger partial charge in [0, 0.05) is 20.4 Å². The molecule has 1 aromatic rings. The number of anilines is 1. The molecule has 0 aromatic carbocycles. The average molecular weight is 257 g/mol. The van der Waals surface area contributed by atoms with Crippen LogP contribution in [0.4, 0.5) is 10.7 Å². The number of rotatable bonds is 3. The fourth-order valence-electron chi connectivity index (χ4n) is 1.32. The molecule has 0 radical (unpaired) electrons. The van der Waals surface area contributed by atoms with Crippen molar-refractivity contribution in [2.45, 2.75) is 32.7 Å². The third-order valence-electron chi connectivity index (χ3n) is 2.01. The second-order valence-electron chi connectivity index (χ2n) is 4.68. The highest BCUT2D eigenvalue weighted by atomic mass is 16.7. The first-order chi connectivity index (χ1) is 8.28. The largest absolute Gasteiger partial charge is 0.443 e. The third-order valence-corrected chi connectivity index (χ3v) is 2.01. The van der Waals surface area contributed by atoms with Crippen molar-refractivity contribution >= 4 is 12.0 Å². The molecule has 2 N–H and O–H groups in total. The van der Waals surface area contributed by atoms with Crippen molar-refractivity contribution in [3.63, 3.8) is 0 Å². The van der Waals surface area contributed by atoms with Gasteiger partial charge in [-0.2, -0.15) is 0 Å². The molecule has 1 rings (SSSR count). The first-order valence-electron chi connectivity index (χ1n) is 5.42. The molecule has 18 heavy (non-hydrogen) atoms. The van der Waals surface area contributed by atoms with Crippen LogP contribution in [0.25, 0.3) is 0 Å². The van der Waals surface area contributed by atoms with E-state index in [0.29, 0.717) is 5.69 Å². The number of nitrogens with zero attached hydrogens (tertiary/aromatic N) is 2. The second kappa shape index (κ2) is 5.36. The summed E-state index contributed by atoms with van der Waals surface area (Å²) in [6, 6.07) is 0. The Kier molecular flexibility index (Phi) is 4.31. The zero-order valence-electron chi connectivity index (χ0n) is 11.3. The first-order valence-corrected chi connectivity index (χ1v) is 5.42. The highest BCUT2D eigenvalue weighted by molar-refractivity contribution is 5.74. The van der Waals surface area contributed by atoms with Crippen molar-refractivity contribution in [3.05, 3.63) is 11.9 Å². The van der Waals surface area contributed by atoms with Gasteiger partial charge < -0.3 is 19.9 Å². The summed E-state index contributed by atoms with van der Waals surface area (Å²) in [5, 5.41) is 0. The molecule has 0 aliphatic rings. The van der Waals surface area contributed by atoms with E-state index in [0.717, 1.165) is 4.57 Å². The lowest BCUT2D eigenvalue weighted by Gasteiger charge is -2.19. The van der Waals surface area contributed by atoms with Crippen molar-refractivity contribution in [2.24, 2.45) is 0 Å². The zero-order valence-corrected chi connectivity index (χ0v) is 11.3. The molecule has 102 valence electrons. The molecule has 0 bridgehead atoms. The molecule has 0 fully saturated rings. The molecule has 0 amide bonds. The van der Waals surface area contributed by atoms with Crippen LogP contribution in [0.3, 0.4) is 0 Å². The minimum absolute atomic E-state index is 0.0263. The van der Waals surface area contributed by atoms with Gasteiger partial charge in [-0.05, 0) is 20.8 Å². The molecule has 0 atom stereocenters. The van der Waals surface area contributed by atoms with Crippen molar-refractivity contribution in [1.82, 2.24) is 9.55 Å². The van der Waals surface area contributed by atoms with Gasteiger partial charge in [-0.25, -0.2) is 14.3 Å². The van der Waals surface area contributed by atoms with E-state index in [9.17, 15) is 4.79 Å². The smallest absolute Gasteiger partial charge is 0.421 e. The van der Waals surface area contributed by atoms with Crippen LogP contribution in [0.1, 0.15) is 32.8 Å². The third kappa shape index (κ3) is 3.44. The molecule has 0 unspecified atom stereocenters. The summed E-state index contributed by atoms with van der Waals surface area (Å²) in [5.41, 5.74) is 5.45. The number of hydrogen-bond acceptors (Lipinski definition) is 6. The number of methoxy groups -OCH3 is 2. The summed E-state index contributed by atoms with van der Waals surface area (Å²) < 4.78 is 16.4. The van der Waals surface area contributed by atoms with E-state index in [1.807, 2.05) is 0 Å². The Hall–Kier alpha value is -1.60. The van der Waals surface area contributed by atoms with Crippen LogP contribution < -0.4 is 5.73 Å². The Morgan fingerprint density at radius 1 is 1.39 bits per heavy atom. The number of imidazole rings is 1. The maximum atomic E-state index is 11.8. The topological polar surface area (TPSA) is 88.6 Å². The molecule has 0 saturated heterocycles. The van der Waals surface area contributed by atoms with Gasteiger partial charge in [0.05, 0.1) is 0 Å². The predicted molar refractivity (Wildman–Crippen MR) is 65.0 cm³/mol. The van der Waals surface area contributed by atoms with Crippen molar-refractivity contribution in [3.8, 4) is 0 Å². The van der Waals surface area contributed by atoms with Crippen molar-refractivity contribution in [1.29, 1.82) is 0 Å². The molecule has 1 heterocycles. The number of carbonyl (C=O) groups is 1. The number of ether oxygens (including phenoxy) is 3. The van der Waals surface area contributed by atoms with Crippen LogP contribution in [0, 0.1) is 0 Å². The number of aromatic nitrogens is 2. The second-order valence-corrected chi connectivity index (χ2v) is 4.68. The van der Waals surface area contributed by atoms with Gasteiger partial charge in [0.25, 0.3) is 0 Å². The monoisotopic (exact) mass is 257 g/mol. The lowest BCUT2D eigenvalue weighted by atomic mass is 10.2. The Morgan fingerprint density at radius 2 is 1.94 bits per heavy atom. The summed E-state index contributed by atoms with van der Waals surface area (Å²) >= 11 is 0. The van der Waals surface area contributed by atoms with E-state index in [2.05, 4.69) is 4.98 Å². The van der Waals surface area contributed by atoms with Gasteiger partial charge in [0.1, 0.15) is 11.3 Å².